The maximum absolute atomic E-state index is 12.7. The normalized spacial score (nSPS) is 14.7. The summed E-state index contributed by atoms with van der Waals surface area (Å²) in [7, 11) is 0. The third-order valence-corrected chi connectivity index (χ3v) is 5.17. The summed E-state index contributed by atoms with van der Waals surface area (Å²) in [6.45, 7) is 3.29. The number of carbonyl (C=O) groups excluding carboxylic acids is 2. The summed E-state index contributed by atoms with van der Waals surface area (Å²) in [6, 6.07) is 11.4. The molecule has 9 heteroatoms. The molecule has 2 amide bonds. The molecule has 172 valence electrons. The first-order valence-corrected chi connectivity index (χ1v) is 10.4. The molecule has 1 fully saturated rings. The first-order valence-electron chi connectivity index (χ1n) is 10.4. The van der Waals surface area contributed by atoms with Gasteiger partial charge < -0.3 is 19.7 Å². The van der Waals surface area contributed by atoms with Crippen molar-refractivity contribution < 1.29 is 32.2 Å². The minimum atomic E-state index is -4.79. The molecule has 2 aromatic carbocycles. The van der Waals surface area contributed by atoms with E-state index in [2.05, 4.69) is 10.1 Å². The molecule has 0 saturated carbocycles. The smallest absolute Gasteiger partial charge is 0.483 e. The number of likely N-dealkylation sites (tertiary alicyclic amines) is 1. The summed E-state index contributed by atoms with van der Waals surface area (Å²) in [6.07, 6.45) is -2.26. The van der Waals surface area contributed by atoms with E-state index >= 15 is 0 Å². The van der Waals surface area contributed by atoms with Gasteiger partial charge in [0.15, 0.2) is 6.61 Å². The second-order valence-corrected chi connectivity index (χ2v) is 7.42. The van der Waals surface area contributed by atoms with Crippen LogP contribution in [0.15, 0.2) is 48.5 Å². The standard InChI is InChI=1S/C23H25F3N2O4/c1-2-19(27-22(30)16-9-11-17(12-10-16)32-23(24,25)26)18-7-3-4-8-20(18)31-15-21(29)28-13-5-6-14-28/h3-4,7-12,19H,2,5-6,13-15H2,1H3,(H,27,30). The monoisotopic (exact) mass is 450 g/mol. The lowest BCUT2D eigenvalue weighted by Gasteiger charge is -2.22. The van der Waals surface area contributed by atoms with Crippen molar-refractivity contribution in [1.29, 1.82) is 0 Å². The molecule has 32 heavy (non-hydrogen) atoms. The van der Waals surface area contributed by atoms with E-state index in [0.29, 0.717) is 12.2 Å². The van der Waals surface area contributed by atoms with Crippen LogP contribution < -0.4 is 14.8 Å². The van der Waals surface area contributed by atoms with Gasteiger partial charge in [-0.15, -0.1) is 13.2 Å². The van der Waals surface area contributed by atoms with Gasteiger partial charge in [0.1, 0.15) is 11.5 Å². The van der Waals surface area contributed by atoms with Crippen LogP contribution in [0.1, 0.15) is 48.1 Å². The van der Waals surface area contributed by atoms with Crippen molar-refractivity contribution in [2.75, 3.05) is 19.7 Å². The molecule has 6 nitrogen and oxygen atoms in total. The average molecular weight is 450 g/mol. The lowest BCUT2D eigenvalue weighted by molar-refractivity contribution is -0.274. The number of rotatable bonds is 8. The van der Waals surface area contributed by atoms with Gasteiger partial charge in [0.25, 0.3) is 11.8 Å². The third-order valence-electron chi connectivity index (χ3n) is 5.17. The van der Waals surface area contributed by atoms with Crippen molar-refractivity contribution in [1.82, 2.24) is 10.2 Å². The lowest BCUT2D eigenvalue weighted by atomic mass is 10.0. The molecule has 0 bridgehead atoms. The molecule has 3 rings (SSSR count). The molecular formula is C23H25F3N2O4. The largest absolute Gasteiger partial charge is 0.573 e. The molecule has 1 aliphatic heterocycles. The zero-order valence-corrected chi connectivity index (χ0v) is 17.7. The van der Waals surface area contributed by atoms with Crippen molar-refractivity contribution in [3.8, 4) is 11.5 Å². The van der Waals surface area contributed by atoms with Crippen LogP contribution in [0.4, 0.5) is 13.2 Å². The predicted octanol–water partition coefficient (Wildman–Crippen LogP) is 4.47. The molecule has 0 radical (unpaired) electrons. The van der Waals surface area contributed by atoms with Gasteiger partial charge in [0, 0.05) is 24.2 Å². The average Bonchev–Trinajstić information content (AvgIpc) is 3.30. The number of hydrogen-bond donors (Lipinski definition) is 1. The number of para-hydroxylation sites is 1. The molecular weight excluding hydrogens is 425 g/mol. The minimum Gasteiger partial charge on any atom is -0.483 e. The number of hydrogen-bond acceptors (Lipinski definition) is 4. The zero-order valence-electron chi connectivity index (χ0n) is 17.7. The van der Waals surface area contributed by atoms with Gasteiger partial charge in [-0.25, -0.2) is 0 Å². The second kappa shape index (κ2) is 10.4. The van der Waals surface area contributed by atoms with Crippen LogP contribution in [-0.4, -0.2) is 42.8 Å². The molecule has 2 aromatic rings. The van der Waals surface area contributed by atoms with Crippen LogP contribution in [0.2, 0.25) is 0 Å². The van der Waals surface area contributed by atoms with Gasteiger partial charge >= 0.3 is 6.36 Å². The van der Waals surface area contributed by atoms with Crippen molar-refractivity contribution in [2.24, 2.45) is 0 Å². The highest BCUT2D eigenvalue weighted by Crippen LogP contribution is 2.28. The highest BCUT2D eigenvalue weighted by molar-refractivity contribution is 5.94. The van der Waals surface area contributed by atoms with E-state index in [4.69, 9.17) is 4.74 Å². The van der Waals surface area contributed by atoms with Crippen molar-refractivity contribution in [2.45, 2.75) is 38.6 Å². The number of nitrogens with one attached hydrogen (secondary N) is 1. The summed E-state index contributed by atoms with van der Waals surface area (Å²) < 4.78 is 46.5. The molecule has 0 aliphatic carbocycles. The fourth-order valence-electron chi connectivity index (χ4n) is 3.55. The van der Waals surface area contributed by atoms with Gasteiger partial charge in [-0.1, -0.05) is 25.1 Å². The van der Waals surface area contributed by atoms with Gasteiger partial charge in [0.2, 0.25) is 0 Å². The van der Waals surface area contributed by atoms with Gasteiger partial charge in [-0.3, -0.25) is 9.59 Å². The lowest BCUT2D eigenvalue weighted by Crippen LogP contribution is -2.32. The first-order chi connectivity index (χ1) is 15.3. The molecule has 1 N–H and O–H groups in total. The quantitative estimate of drug-likeness (QED) is 0.645. The van der Waals surface area contributed by atoms with Gasteiger partial charge in [0.05, 0.1) is 6.04 Å². The Kier molecular flexibility index (Phi) is 7.61. The summed E-state index contributed by atoms with van der Waals surface area (Å²) in [5.41, 5.74) is 0.912. The van der Waals surface area contributed by atoms with E-state index in [9.17, 15) is 22.8 Å². The summed E-state index contributed by atoms with van der Waals surface area (Å²) >= 11 is 0. The Morgan fingerprint density at radius 1 is 1.06 bits per heavy atom. The fraction of sp³-hybridized carbons (Fsp3) is 0.391. The Morgan fingerprint density at radius 2 is 1.72 bits per heavy atom. The second-order valence-electron chi connectivity index (χ2n) is 7.42. The van der Waals surface area contributed by atoms with Crippen LogP contribution in [0.3, 0.4) is 0 Å². The van der Waals surface area contributed by atoms with Crippen LogP contribution >= 0.6 is 0 Å². The van der Waals surface area contributed by atoms with E-state index in [0.717, 1.165) is 43.6 Å². The van der Waals surface area contributed by atoms with E-state index in [-0.39, 0.29) is 18.1 Å². The Balaban J connectivity index is 1.66. The van der Waals surface area contributed by atoms with Crippen molar-refractivity contribution in [3.63, 3.8) is 0 Å². The Labute approximate surface area is 184 Å². The van der Waals surface area contributed by atoms with Crippen LogP contribution in [0.5, 0.6) is 11.5 Å². The van der Waals surface area contributed by atoms with Crippen molar-refractivity contribution in [3.05, 3.63) is 59.7 Å². The number of halogens is 3. The number of amides is 2. The number of benzene rings is 2. The van der Waals surface area contributed by atoms with Crippen LogP contribution in [-0.2, 0) is 4.79 Å². The summed E-state index contributed by atoms with van der Waals surface area (Å²) in [5.74, 6) is -0.419. The number of nitrogens with zero attached hydrogens (tertiary/aromatic N) is 1. The molecule has 1 heterocycles. The minimum absolute atomic E-state index is 0.0736. The topological polar surface area (TPSA) is 67.9 Å². The van der Waals surface area contributed by atoms with Crippen molar-refractivity contribution >= 4 is 11.8 Å². The maximum Gasteiger partial charge on any atom is 0.573 e. The highest BCUT2D eigenvalue weighted by atomic mass is 19.4. The number of carbonyl (C=O) groups is 2. The Morgan fingerprint density at radius 3 is 2.34 bits per heavy atom. The number of alkyl halides is 3. The summed E-state index contributed by atoms with van der Waals surface area (Å²) in [5, 5.41) is 2.87. The van der Waals surface area contributed by atoms with Crippen LogP contribution in [0.25, 0.3) is 0 Å². The maximum atomic E-state index is 12.7. The van der Waals surface area contributed by atoms with E-state index in [1.165, 1.54) is 12.1 Å². The molecule has 1 unspecified atom stereocenters. The fourth-order valence-corrected chi connectivity index (χ4v) is 3.55. The number of ether oxygens (including phenoxy) is 2. The zero-order chi connectivity index (χ0) is 23.1. The van der Waals surface area contributed by atoms with Gasteiger partial charge in [-0.2, -0.15) is 0 Å². The predicted molar refractivity (Wildman–Crippen MR) is 111 cm³/mol. The first kappa shape index (κ1) is 23.4. The third kappa shape index (κ3) is 6.38. The molecule has 1 aliphatic rings. The van der Waals surface area contributed by atoms with E-state index in [1.807, 2.05) is 19.1 Å². The molecule has 1 atom stereocenters. The van der Waals surface area contributed by atoms with Crippen LogP contribution in [0, 0.1) is 0 Å². The Bertz CT molecular complexity index is 926. The molecule has 0 spiro atoms. The SMILES string of the molecule is CCC(NC(=O)c1ccc(OC(F)(F)F)cc1)c1ccccc1OCC(=O)N1CCCC1. The van der Waals surface area contributed by atoms with E-state index < -0.39 is 24.1 Å². The van der Waals surface area contributed by atoms with E-state index in [1.54, 1.807) is 17.0 Å². The summed E-state index contributed by atoms with van der Waals surface area (Å²) in [4.78, 5) is 26.7. The molecule has 0 aromatic heterocycles. The highest BCUT2D eigenvalue weighted by Gasteiger charge is 2.31. The molecule has 1 saturated heterocycles. The van der Waals surface area contributed by atoms with Gasteiger partial charge in [-0.05, 0) is 49.6 Å². The Hall–Kier alpha value is -3.23.